The third kappa shape index (κ3) is 4.17. The van der Waals surface area contributed by atoms with Gasteiger partial charge in [-0.25, -0.2) is 4.79 Å². The molecule has 0 aliphatic carbocycles. The zero-order valence-electron chi connectivity index (χ0n) is 13.7. The van der Waals surface area contributed by atoms with Crippen LogP contribution in [-0.4, -0.2) is 62.9 Å². The molecule has 3 N–H and O–H groups in total. The van der Waals surface area contributed by atoms with Crippen molar-refractivity contribution in [2.75, 3.05) is 33.4 Å². The van der Waals surface area contributed by atoms with Gasteiger partial charge in [-0.05, 0) is 24.1 Å². The van der Waals surface area contributed by atoms with E-state index in [9.17, 15) is 9.90 Å². The second-order valence-corrected chi connectivity index (χ2v) is 6.29. The van der Waals surface area contributed by atoms with E-state index in [-0.39, 0.29) is 6.04 Å². The second-order valence-electron chi connectivity index (χ2n) is 6.29. The first-order valence-electron chi connectivity index (χ1n) is 8.22. The molecule has 3 rings (SSSR count). The summed E-state index contributed by atoms with van der Waals surface area (Å²) in [7, 11) is 1.63. The van der Waals surface area contributed by atoms with E-state index in [1.165, 1.54) is 0 Å². The molecule has 7 heteroatoms. The minimum atomic E-state index is -0.703. The standard InChI is InChI=1S/C17H24N2O5/c1-22-13-4-2-11(3-5-13)6-14-16(15(20)8-18-14)24-17(21)19-7-12-9-23-10-12/h2-5,12,14-16,18,20H,6-10H2,1H3,(H,19,21)/t14-,15+,16+/m1/s1. The Labute approximate surface area is 141 Å². The summed E-state index contributed by atoms with van der Waals surface area (Å²) in [5, 5.41) is 16.1. The minimum Gasteiger partial charge on any atom is -0.497 e. The maximum atomic E-state index is 11.9. The summed E-state index contributed by atoms with van der Waals surface area (Å²) in [6, 6.07) is 7.61. The molecule has 0 spiro atoms. The van der Waals surface area contributed by atoms with E-state index in [0.717, 1.165) is 11.3 Å². The van der Waals surface area contributed by atoms with Crippen LogP contribution in [0.1, 0.15) is 5.56 Å². The number of hydrogen-bond donors (Lipinski definition) is 3. The van der Waals surface area contributed by atoms with Crippen molar-refractivity contribution in [2.24, 2.45) is 5.92 Å². The molecule has 1 aromatic rings. The van der Waals surface area contributed by atoms with E-state index < -0.39 is 18.3 Å². The van der Waals surface area contributed by atoms with E-state index >= 15 is 0 Å². The zero-order chi connectivity index (χ0) is 16.9. The first-order valence-corrected chi connectivity index (χ1v) is 8.22. The van der Waals surface area contributed by atoms with Gasteiger partial charge in [-0.3, -0.25) is 0 Å². The van der Waals surface area contributed by atoms with Crippen LogP contribution in [0.4, 0.5) is 4.79 Å². The molecule has 0 aromatic heterocycles. The van der Waals surface area contributed by atoms with Gasteiger partial charge in [-0.2, -0.15) is 0 Å². The van der Waals surface area contributed by atoms with Gasteiger partial charge in [-0.1, -0.05) is 12.1 Å². The van der Waals surface area contributed by atoms with Gasteiger partial charge in [0.25, 0.3) is 0 Å². The summed E-state index contributed by atoms with van der Waals surface area (Å²) < 4.78 is 15.7. The first-order chi connectivity index (χ1) is 11.7. The molecule has 0 bridgehead atoms. The Bertz CT molecular complexity index is 546. The van der Waals surface area contributed by atoms with Gasteiger partial charge in [0.05, 0.1) is 26.4 Å². The molecule has 2 aliphatic heterocycles. The zero-order valence-corrected chi connectivity index (χ0v) is 13.7. The summed E-state index contributed by atoms with van der Waals surface area (Å²) in [6.45, 7) is 2.30. The number of carbonyl (C=O) groups excluding carboxylic acids is 1. The van der Waals surface area contributed by atoms with Crippen molar-refractivity contribution < 1.29 is 24.1 Å². The second kappa shape index (κ2) is 7.83. The maximum absolute atomic E-state index is 11.9. The van der Waals surface area contributed by atoms with Crippen molar-refractivity contribution in [1.82, 2.24) is 10.6 Å². The molecule has 1 aromatic carbocycles. The number of β-amino-alcohol motifs (C(OH)–C–C–N with tert-alkyl or cyclic N) is 1. The molecule has 1 amide bonds. The predicted octanol–water partition coefficient (Wildman–Crippen LogP) is 0.312. The van der Waals surface area contributed by atoms with Crippen molar-refractivity contribution in [3.8, 4) is 5.75 Å². The molecule has 3 atom stereocenters. The Morgan fingerprint density at radius 1 is 1.38 bits per heavy atom. The molecule has 2 aliphatic rings. The Kier molecular flexibility index (Phi) is 5.55. The molecular formula is C17H24N2O5. The largest absolute Gasteiger partial charge is 0.497 e. The van der Waals surface area contributed by atoms with Crippen molar-refractivity contribution >= 4 is 6.09 Å². The van der Waals surface area contributed by atoms with Gasteiger partial charge in [0.15, 0.2) is 0 Å². The topological polar surface area (TPSA) is 89.0 Å². The number of carbonyl (C=O) groups is 1. The molecule has 2 heterocycles. The molecule has 24 heavy (non-hydrogen) atoms. The lowest BCUT2D eigenvalue weighted by Gasteiger charge is -2.27. The van der Waals surface area contributed by atoms with Crippen molar-refractivity contribution in [2.45, 2.75) is 24.7 Å². The number of benzene rings is 1. The van der Waals surface area contributed by atoms with Gasteiger partial charge in [0.2, 0.25) is 0 Å². The monoisotopic (exact) mass is 336 g/mol. The lowest BCUT2D eigenvalue weighted by molar-refractivity contribution is -0.0324. The molecule has 0 radical (unpaired) electrons. The van der Waals surface area contributed by atoms with Crippen LogP contribution in [0, 0.1) is 5.92 Å². The molecule has 2 fully saturated rings. The number of amides is 1. The highest BCUT2D eigenvalue weighted by Crippen LogP contribution is 2.19. The Hall–Kier alpha value is -1.83. The van der Waals surface area contributed by atoms with Crippen LogP contribution >= 0.6 is 0 Å². The highest BCUT2D eigenvalue weighted by atomic mass is 16.6. The van der Waals surface area contributed by atoms with Crippen LogP contribution in [0.5, 0.6) is 5.75 Å². The van der Waals surface area contributed by atoms with E-state index in [4.69, 9.17) is 14.2 Å². The van der Waals surface area contributed by atoms with E-state index in [0.29, 0.717) is 38.6 Å². The molecule has 0 unspecified atom stereocenters. The van der Waals surface area contributed by atoms with Crippen molar-refractivity contribution in [1.29, 1.82) is 0 Å². The number of nitrogens with one attached hydrogen (secondary N) is 2. The van der Waals surface area contributed by atoms with Gasteiger partial charge in [0, 0.05) is 19.0 Å². The number of hydrogen-bond acceptors (Lipinski definition) is 6. The number of rotatable bonds is 6. The van der Waals surface area contributed by atoms with Crippen molar-refractivity contribution in [3.63, 3.8) is 0 Å². The van der Waals surface area contributed by atoms with Crippen LogP contribution in [0.25, 0.3) is 0 Å². The fourth-order valence-electron chi connectivity index (χ4n) is 2.93. The maximum Gasteiger partial charge on any atom is 0.407 e. The third-order valence-corrected chi connectivity index (χ3v) is 4.46. The van der Waals surface area contributed by atoms with Crippen LogP contribution < -0.4 is 15.4 Å². The quantitative estimate of drug-likeness (QED) is 0.693. The number of aliphatic hydroxyl groups is 1. The molecule has 0 saturated carbocycles. The fraction of sp³-hybridized carbons (Fsp3) is 0.588. The fourth-order valence-corrected chi connectivity index (χ4v) is 2.93. The van der Waals surface area contributed by atoms with Crippen LogP contribution in [0.15, 0.2) is 24.3 Å². The van der Waals surface area contributed by atoms with Gasteiger partial charge < -0.3 is 30.0 Å². The van der Waals surface area contributed by atoms with Crippen LogP contribution in [-0.2, 0) is 15.9 Å². The number of ether oxygens (including phenoxy) is 3. The Balaban J connectivity index is 1.52. The summed E-state index contributed by atoms with van der Waals surface area (Å²) in [5.41, 5.74) is 1.09. The van der Waals surface area contributed by atoms with E-state index in [1.807, 2.05) is 24.3 Å². The normalized spacial score (nSPS) is 26.7. The lowest BCUT2D eigenvalue weighted by Crippen LogP contribution is -2.44. The molecular weight excluding hydrogens is 312 g/mol. The number of alkyl carbamates (subject to hydrolysis) is 1. The smallest absolute Gasteiger partial charge is 0.407 e. The van der Waals surface area contributed by atoms with Gasteiger partial charge in [0.1, 0.15) is 18.0 Å². The SMILES string of the molecule is COc1ccc(C[C@H]2NC[C@H](O)[C@H]2OC(=O)NCC2COC2)cc1. The van der Waals surface area contributed by atoms with Crippen LogP contribution in [0.3, 0.4) is 0 Å². The molecule has 2 saturated heterocycles. The van der Waals surface area contributed by atoms with Crippen LogP contribution in [0.2, 0.25) is 0 Å². The average molecular weight is 336 g/mol. The van der Waals surface area contributed by atoms with Gasteiger partial charge in [-0.15, -0.1) is 0 Å². The molecule has 7 nitrogen and oxygen atoms in total. The van der Waals surface area contributed by atoms with E-state index in [1.54, 1.807) is 7.11 Å². The highest BCUT2D eigenvalue weighted by Gasteiger charge is 2.37. The summed E-state index contributed by atoms with van der Waals surface area (Å²) in [6.07, 6.45) is -1.10. The number of aliphatic hydroxyl groups excluding tert-OH is 1. The Morgan fingerprint density at radius 2 is 2.12 bits per heavy atom. The minimum absolute atomic E-state index is 0.119. The summed E-state index contributed by atoms with van der Waals surface area (Å²) in [4.78, 5) is 11.9. The Morgan fingerprint density at radius 3 is 2.75 bits per heavy atom. The predicted molar refractivity (Wildman–Crippen MR) is 87.1 cm³/mol. The molecule has 132 valence electrons. The highest BCUT2D eigenvalue weighted by molar-refractivity contribution is 5.67. The average Bonchev–Trinajstić information content (AvgIpc) is 2.87. The summed E-state index contributed by atoms with van der Waals surface area (Å²) in [5.74, 6) is 1.16. The van der Waals surface area contributed by atoms with Gasteiger partial charge >= 0.3 is 6.09 Å². The summed E-state index contributed by atoms with van der Waals surface area (Å²) >= 11 is 0. The lowest BCUT2D eigenvalue weighted by atomic mass is 10.0. The van der Waals surface area contributed by atoms with Crippen molar-refractivity contribution in [3.05, 3.63) is 29.8 Å². The number of methoxy groups -OCH3 is 1. The third-order valence-electron chi connectivity index (χ3n) is 4.46. The van der Waals surface area contributed by atoms with E-state index in [2.05, 4.69) is 10.6 Å². The first kappa shape index (κ1) is 17.0.